The van der Waals surface area contributed by atoms with E-state index < -0.39 is 0 Å². The fourth-order valence-corrected chi connectivity index (χ4v) is 1.58. The maximum atomic E-state index is 13.1. The number of hydrogen-bond acceptors (Lipinski definition) is 3. The monoisotopic (exact) mass is 242 g/mol. The van der Waals surface area contributed by atoms with E-state index in [-0.39, 0.29) is 11.7 Å². The molecule has 5 heteroatoms. The Balaban J connectivity index is 2.34. The van der Waals surface area contributed by atoms with Crippen LogP contribution >= 0.6 is 0 Å². The van der Waals surface area contributed by atoms with E-state index in [1.54, 1.807) is 36.4 Å². The molecule has 0 radical (unpaired) electrons. The second-order valence-corrected chi connectivity index (χ2v) is 3.64. The molecule has 0 aliphatic carbocycles. The maximum Gasteiger partial charge on any atom is 0.175 e. The molecule has 0 unspecified atom stereocenters. The normalized spacial score (nSPS) is 9.83. The van der Waals surface area contributed by atoms with E-state index in [0.29, 0.717) is 16.9 Å². The Kier molecular flexibility index (Phi) is 3.43. The topological polar surface area (TPSA) is 72.1 Å². The Morgan fingerprint density at radius 1 is 1.11 bits per heavy atom. The number of rotatable bonds is 3. The Morgan fingerprint density at radius 3 is 2.61 bits per heavy atom. The summed E-state index contributed by atoms with van der Waals surface area (Å²) in [5.74, 6) is -0.479. The third kappa shape index (κ3) is 2.57. The summed E-state index contributed by atoms with van der Waals surface area (Å²) in [6.07, 6.45) is 0. The second kappa shape index (κ2) is 5.18. The Hall–Kier alpha value is -2.56. The van der Waals surface area contributed by atoms with Crippen molar-refractivity contribution in [3.63, 3.8) is 0 Å². The van der Waals surface area contributed by atoms with Crippen molar-refractivity contribution in [3.8, 4) is 0 Å². The van der Waals surface area contributed by atoms with Crippen molar-refractivity contribution in [3.05, 3.63) is 59.9 Å². The second-order valence-electron chi connectivity index (χ2n) is 3.64. The summed E-state index contributed by atoms with van der Waals surface area (Å²) in [5, 5.41) is 13.7. The molecule has 4 nitrogen and oxygen atoms in total. The molecule has 0 amide bonds. The lowest BCUT2D eigenvalue weighted by molar-refractivity contribution is 0.628. The third-order valence-electron chi connectivity index (χ3n) is 2.40. The van der Waals surface area contributed by atoms with Gasteiger partial charge in [0.15, 0.2) is 5.84 Å². The van der Waals surface area contributed by atoms with Crippen LogP contribution in [0.5, 0.6) is 0 Å². The minimum absolute atomic E-state index is 0.144. The number of amidine groups is 1. The van der Waals surface area contributed by atoms with Gasteiger partial charge in [0.1, 0.15) is 5.82 Å². The van der Waals surface area contributed by atoms with Gasteiger partial charge in [-0.15, -0.1) is 5.11 Å². The summed E-state index contributed by atoms with van der Waals surface area (Å²) < 4.78 is 13.1. The zero-order valence-corrected chi connectivity index (χ0v) is 9.44. The lowest BCUT2D eigenvalue weighted by Crippen LogP contribution is -2.00. The molecule has 90 valence electrons. The first-order valence-corrected chi connectivity index (χ1v) is 5.28. The van der Waals surface area contributed by atoms with Crippen molar-refractivity contribution in [2.75, 3.05) is 5.32 Å². The van der Waals surface area contributed by atoms with Crippen LogP contribution in [-0.4, -0.2) is 5.84 Å². The molecule has 2 aromatic rings. The highest BCUT2D eigenvalue weighted by Gasteiger charge is 2.06. The van der Waals surface area contributed by atoms with Crippen LogP contribution in [0.15, 0.2) is 53.6 Å². The molecule has 18 heavy (non-hydrogen) atoms. The highest BCUT2D eigenvalue weighted by molar-refractivity contribution is 6.02. The number of nitrogens with zero attached hydrogens (tertiary/aromatic N) is 1. The summed E-state index contributed by atoms with van der Waals surface area (Å²) in [6.45, 7) is 0. The standard InChI is InChI=1S/C13H11FN4/c14-9-4-3-5-10(8-9)17-12-7-2-1-6-11(12)13(15)18-16/h1-8,15-17H. The summed E-state index contributed by atoms with van der Waals surface area (Å²) in [7, 11) is 0. The van der Waals surface area contributed by atoms with Crippen molar-refractivity contribution in [1.29, 1.82) is 10.9 Å². The van der Waals surface area contributed by atoms with Crippen LogP contribution in [0.4, 0.5) is 15.8 Å². The highest BCUT2D eigenvalue weighted by Crippen LogP contribution is 2.21. The predicted octanol–water partition coefficient (Wildman–Crippen LogP) is 3.93. The van der Waals surface area contributed by atoms with Crippen LogP contribution in [0, 0.1) is 16.8 Å². The quantitative estimate of drug-likeness (QED) is 0.426. The van der Waals surface area contributed by atoms with Gasteiger partial charge in [-0.3, -0.25) is 5.41 Å². The van der Waals surface area contributed by atoms with Crippen molar-refractivity contribution in [1.82, 2.24) is 0 Å². The average molecular weight is 242 g/mol. The number of anilines is 2. The van der Waals surface area contributed by atoms with Crippen molar-refractivity contribution < 1.29 is 4.39 Å². The van der Waals surface area contributed by atoms with Crippen LogP contribution in [-0.2, 0) is 0 Å². The molecule has 0 heterocycles. The minimum atomic E-state index is -0.335. The molecule has 0 fully saturated rings. The van der Waals surface area contributed by atoms with Gasteiger partial charge in [-0.1, -0.05) is 18.2 Å². The molecule has 0 aliphatic heterocycles. The SMILES string of the molecule is N=NC(=N)c1ccccc1Nc1cccc(F)c1. The van der Waals surface area contributed by atoms with Gasteiger partial charge >= 0.3 is 0 Å². The molecule has 0 saturated heterocycles. The number of para-hydroxylation sites is 1. The number of benzene rings is 2. The first-order chi connectivity index (χ1) is 8.70. The molecule has 2 aromatic carbocycles. The fourth-order valence-electron chi connectivity index (χ4n) is 1.58. The van der Waals surface area contributed by atoms with Gasteiger partial charge in [0, 0.05) is 16.9 Å². The van der Waals surface area contributed by atoms with Crippen molar-refractivity contribution >= 4 is 17.2 Å². The lowest BCUT2D eigenvalue weighted by atomic mass is 10.1. The Morgan fingerprint density at radius 2 is 1.89 bits per heavy atom. The van der Waals surface area contributed by atoms with Crippen molar-refractivity contribution in [2.24, 2.45) is 5.11 Å². The molecule has 0 spiro atoms. The molecule has 0 saturated carbocycles. The first kappa shape index (κ1) is 11.9. The zero-order chi connectivity index (χ0) is 13.0. The van der Waals surface area contributed by atoms with E-state index in [9.17, 15) is 4.39 Å². The first-order valence-electron chi connectivity index (χ1n) is 5.28. The minimum Gasteiger partial charge on any atom is -0.355 e. The van der Waals surface area contributed by atoms with E-state index in [4.69, 9.17) is 10.9 Å². The lowest BCUT2D eigenvalue weighted by Gasteiger charge is -2.10. The number of nitrogens with one attached hydrogen (secondary N) is 3. The Bertz CT molecular complexity index is 595. The van der Waals surface area contributed by atoms with Gasteiger partial charge in [0.25, 0.3) is 0 Å². The van der Waals surface area contributed by atoms with Gasteiger partial charge in [-0.05, 0) is 30.3 Å². The predicted molar refractivity (Wildman–Crippen MR) is 68.1 cm³/mol. The maximum absolute atomic E-state index is 13.1. The molecule has 0 aliphatic rings. The molecule has 0 aromatic heterocycles. The van der Waals surface area contributed by atoms with Crippen LogP contribution in [0.3, 0.4) is 0 Å². The van der Waals surface area contributed by atoms with Gasteiger partial charge in [0.05, 0.1) is 0 Å². The smallest absolute Gasteiger partial charge is 0.175 e. The van der Waals surface area contributed by atoms with E-state index in [1.165, 1.54) is 12.1 Å². The van der Waals surface area contributed by atoms with E-state index >= 15 is 0 Å². The van der Waals surface area contributed by atoms with Crippen molar-refractivity contribution in [2.45, 2.75) is 0 Å². The van der Waals surface area contributed by atoms with Crippen LogP contribution in [0.1, 0.15) is 5.56 Å². The third-order valence-corrected chi connectivity index (χ3v) is 2.40. The van der Waals surface area contributed by atoms with Gasteiger partial charge in [-0.2, -0.15) is 0 Å². The van der Waals surface area contributed by atoms with Crippen LogP contribution < -0.4 is 5.32 Å². The summed E-state index contributed by atoms with van der Waals surface area (Å²) in [6, 6.07) is 13.0. The van der Waals surface area contributed by atoms with Gasteiger partial charge in [-0.25, -0.2) is 9.92 Å². The molecular weight excluding hydrogens is 231 g/mol. The number of hydrogen-bond donors (Lipinski definition) is 3. The number of halogens is 1. The average Bonchev–Trinajstić information content (AvgIpc) is 2.38. The summed E-state index contributed by atoms with van der Waals surface area (Å²) in [5.41, 5.74) is 8.56. The summed E-state index contributed by atoms with van der Waals surface area (Å²) in [4.78, 5) is 0. The molecule has 2 rings (SSSR count). The fraction of sp³-hybridized carbons (Fsp3) is 0. The van der Waals surface area contributed by atoms with Crippen LogP contribution in [0.2, 0.25) is 0 Å². The molecule has 0 atom stereocenters. The van der Waals surface area contributed by atoms with Gasteiger partial charge < -0.3 is 5.32 Å². The van der Waals surface area contributed by atoms with E-state index in [0.717, 1.165) is 0 Å². The van der Waals surface area contributed by atoms with E-state index in [2.05, 4.69) is 10.4 Å². The zero-order valence-electron chi connectivity index (χ0n) is 9.44. The molecular formula is C13H11FN4. The molecule has 3 N–H and O–H groups in total. The summed E-state index contributed by atoms with van der Waals surface area (Å²) >= 11 is 0. The van der Waals surface area contributed by atoms with Gasteiger partial charge in [0.2, 0.25) is 0 Å². The van der Waals surface area contributed by atoms with Crippen LogP contribution in [0.25, 0.3) is 0 Å². The molecule has 0 bridgehead atoms. The Labute approximate surface area is 103 Å². The van der Waals surface area contributed by atoms with E-state index in [1.807, 2.05) is 0 Å². The highest BCUT2D eigenvalue weighted by atomic mass is 19.1. The largest absolute Gasteiger partial charge is 0.355 e.